The largest absolute Gasteiger partial charge is 0.466 e. The van der Waals surface area contributed by atoms with Gasteiger partial charge in [0.2, 0.25) is 0 Å². The molecule has 0 aliphatic heterocycles. The third-order valence-corrected chi connectivity index (χ3v) is 2.83. The van der Waals surface area contributed by atoms with Gasteiger partial charge < -0.3 is 9.14 Å². The lowest BCUT2D eigenvalue weighted by Gasteiger charge is -2.05. The van der Waals surface area contributed by atoms with Crippen LogP contribution in [0, 0.1) is 13.8 Å². The quantitative estimate of drug-likeness (QED) is 0.761. The molecule has 0 saturated carbocycles. The van der Waals surface area contributed by atoms with E-state index in [1.54, 1.807) is 6.20 Å². The predicted octanol–water partition coefficient (Wildman–Crippen LogP) is 2.06. The van der Waals surface area contributed by atoms with Crippen LogP contribution in [0.2, 0.25) is 0 Å². The van der Waals surface area contributed by atoms with Gasteiger partial charge in [0.05, 0.1) is 24.2 Å². The van der Waals surface area contributed by atoms with Crippen LogP contribution >= 0.6 is 0 Å². The maximum absolute atomic E-state index is 11.5. The number of carbonyl (C=O) groups excluding carboxylic acids is 1. The predicted molar refractivity (Wildman–Crippen MR) is 65.0 cm³/mol. The third kappa shape index (κ3) is 2.16. The summed E-state index contributed by atoms with van der Waals surface area (Å²) >= 11 is 0. The van der Waals surface area contributed by atoms with Gasteiger partial charge >= 0.3 is 5.97 Å². The van der Waals surface area contributed by atoms with Gasteiger partial charge in [-0.05, 0) is 32.4 Å². The van der Waals surface area contributed by atoms with E-state index in [4.69, 9.17) is 4.74 Å². The lowest BCUT2D eigenvalue weighted by molar-refractivity contribution is -0.142. The zero-order valence-electron chi connectivity index (χ0n) is 10.4. The molecule has 0 spiro atoms. The van der Waals surface area contributed by atoms with E-state index in [1.807, 2.05) is 31.4 Å². The molecule has 17 heavy (non-hydrogen) atoms. The Morgan fingerprint density at radius 2 is 2.24 bits per heavy atom. The normalized spacial score (nSPS) is 10.8. The van der Waals surface area contributed by atoms with Crippen LogP contribution in [-0.2, 0) is 16.0 Å². The van der Waals surface area contributed by atoms with Crippen molar-refractivity contribution in [2.24, 2.45) is 0 Å². The Bertz CT molecular complexity index is 558. The van der Waals surface area contributed by atoms with E-state index in [2.05, 4.69) is 11.1 Å². The number of rotatable bonds is 3. The Labute approximate surface area is 100 Å². The van der Waals surface area contributed by atoms with Crippen molar-refractivity contribution in [2.75, 3.05) is 6.61 Å². The van der Waals surface area contributed by atoms with Crippen LogP contribution in [0.5, 0.6) is 0 Å². The minimum absolute atomic E-state index is 0.190. The zero-order valence-corrected chi connectivity index (χ0v) is 10.4. The minimum atomic E-state index is -0.190. The highest BCUT2D eigenvalue weighted by Gasteiger charge is 2.13. The Morgan fingerprint density at radius 3 is 2.94 bits per heavy atom. The van der Waals surface area contributed by atoms with Crippen molar-refractivity contribution < 1.29 is 9.53 Å². The number of aryl methyl sites for hydroxylation is 2. The van der Waals surface area contributed by atoms with Crippen LogP contribution in [-0.4, -0.2) is 22.0 Å². The first-order valence-corrected chi connectivity index (χ1v) is 5.71. The fraction of sp³-hybridized carbons (Fsp3) is 0.385. The lowest BCUT2D eigenvalue weighted by atomic mass is 10.2. The number of carbonyl (C=O) groups is 1. The fourth-order valence-corrected chi connectivity index (χ4v) is 1.99. The minimum Gasteiger partial charge on any atom is -0.466 e. The first kappa shape index (κ1) is 11.6. The van der Waals surface area contributed by atoms with Crippen LogP contribution in [0.4, 0.5) is 0 Å². The molecular weight excluding hydrogens is 216 g/mol. The fourth-order valence-electron chi connectivity index (χ4n) is 1.99. The number of nitrogens with zero attached hydrogens (tertiary/aromatic N) is 2. The van der Waals surface area contributed by atoms with Gasteiger partial charge in [-0.25, -0.2) is 0 Å². The molecule has 0 atom stereocenters. The van der Waals surface area contributed by atoms with Crippen molar-refractivity contribution in [1.82, 2.24) is 9.38 Å². The first-order valence-electron chi connectivity index (χ1n) is 5.71. The smallest absolute Gasteiger partial charge is 0.311 e. The molecule has 0 radical (unpaired) electrons. The van der Waals surface area contributed by atoms with Crippen LogP contribution in [0.3, 0.4) is 0 Å². The van der Waals surface area contributed by atoms with E-state index in [9.17, 15) is 4.79 Å². The molecule has 0 amide bonds. The number of hydrogen-bond donors (Lipinski definition) is 0. The van der Waals surface area contributed by atoms with Crippen molar-refractivity contribution >= 4 is 11.5 Å². The van der Waals surface area contributed by atoms with Crippen molar-refractivity contribution in [3.63, 3.8) is 0 Å². The average Bonchev–Trinajstić information content (AvgIpc) is 2.58. The van der Waals surface area contributed by atoms with Gasteiger partial charge in [-0.3, -0.25) is 9.78 Å². The molecule has 0 aliphatic carbocycles. The Kier molecular flexibility index (Phi) is 3.13. The molecule has 0 fully saturated rings. The monoisotopic (exact) mass is 232 g/mol. The summed E-state index contributed by atoms with van der Waals surface area (Å²) < 4.78 is 6.99. The molecule has 0 saturated heterocycles. The summed E-state index contributed by atoms with van der Waals surface area (Å²) in [6, 6.07) is 2.05. The van der Waals surface area contributed by atoms with Crippen LogP contribution in [0.15, 0.2) is 18.5 Å². The molecule has 0 aliphatic rings. The summed E-state index contributed by atoms with van der Waals surface area (Å²) in [6.45, 7) is 6.20. The number of ether oxygens (including phenoxy) is 1. The number of aromatic nitrogens is 2. The summed E-state index contributed by atoms with van der Waals surface area (Å²) in [6.07, 6.45) is 3.93. The lowest BCUT2D eigenvalue weighted by Crippen LogP contribution is -2.10. The molecule has 2 aromatic heterocycles. The second-order valence-corrected chi connectivity index (χ2v) is 4.02. The van der Waals surface area contributed by atoms with Crippen molar-refractivity contribution in [3.8, 4) is 0 Å². The highest BCUT2D eigenvalue weighted by Crippen LogP contribution is 2.18. The van der Waals surface area contributed by atoms with Crippen LogP contribution in [0.1, 0.15) is 23.9 Å². The Balaban J connectivity index is 2.43. The molecule has 2 rings (SSSR count). The molecule has 90 valence electrons. The topological polar surface area (TPSA) is 43.6 Å². The molecule has 2 aromatic rings. The number of fused-ring (bicyclic) bond motifs is 1. The maximum atomic E-state index is 11.5. The molecule has 4 heteroatoms. The summed E-state index contributed by atoms with van der Waals surface area (Å²) in [5, 5.41) is 0. The molecule has 0 unspecified atom stereocenters. The first-order chi connectivity index (χ1) is 8.13. The van der Waals surface area contributed by atoms with Gasteiger partial charge in [-0.1, -0.05) is 0 Å². The SMILES string of the molecule is CCOC(=O)Cc1c(C)cc2c(C)nccn12. The molecule has 2 heterocycles. The molecule has 4 nitrogen and oxygen atoms in total. The zero-order chi connectivity index (χ0) is 12.4. The molecular formula is C13H16N2O2. The van der Waals surface area contributed by atoms with Gasteiger partial charge in [-0.15, -0.1) is 0 Å². The average molecular weight is 232 g/mol. The molecule has 0 N–H and O–H groups in total. The second kappa shape index (κ2) is 4.57. The Morgan fingerprint density at radius 1 is 1.47 bits per heavy atom. The second-order valence-electron chi connectivity index (χ2n) is 4.02. The van der Waals surface area contributed by atoms with Crippen LogP contribution in [0.25, 0.3) is 5.52 Å². The van der Waals surface area contributed by atoms with Crippen LogP contribution < -0.4 is 0 Å². The van der Waals surface area contributed by atoms with Crippen molar-refractivity contribution in [1.29, 1.82) is 0 Å². The number of esters is 1. The van der Waals surface area contributed by atoms with Gasteiger partial charge in [0.25, 0.3) is 0 Å². The van der Waals surface area contributed by atoms with Gasteiger partial charge in [0, 0.05) is 18.1 Å². The molecule has 0 bridgehead atoms. The summed E-state index contributed by atoms with van der Waals surface area (Å²) in [7, 11) is 0. The van der Waals surface area contributed by atoms with Gasteiger partial charge in [0.1, 0.15) is 0 Å². The summed E-state index contributed by atoms with van der Waals surface area (Å²) in [5.41, 5.74) is 4.08. The maximum Gasteiger partial charge on any atom is 0.311 e. The molecule has 0 aromatic carbocycles. The van der Waals surface area contributed by atoms with E-state index in [1.165, 1.54) is 0 Å². The van der Waals surface area contributed by atoms with Crippen molar-refractivity contribution in [3.05, 3.63) is 35.4 Å². The van der Waals surface area contributed by atoms with Gasteiger partial charge in [-0.2, -0.15) is 0 Å². The third-order valence-electron chi connectivity index (χ3n) is 2.83. The summed E-state index contributed by atoms with van der Waals surface area (Å²) in [5.74, 6) is -0.190. The van der Waals surface area contributed by atoms with Crippen molar-refractivity contribution in [2.45, 2.75) is 27.2 Å². The van der Waals surface area contributed by atoms with Gasteiger partial charge in [0.15, 0.2) is 0 Å². The van der Waals surface area contributed by atoms with E-state index in [0.717, 1.165) is 22.5 Å². The Hall–Kier alpha value is -1.84. The van der Waals surface area contributed by atoms with E-state index >= 15 is 0 Å². The highest BCUT2D eigenvalue weighted by atomic mass is 16.5. The summed E-state index contributed by atoms with van der Waals surface area (Å²) in [4.78, 5) is 15.8. The van der Waals surface area contributed by atoms with E-state index in [-0.39, 0.29) is 5.97 Å². The van der Waals surface area contributed by atoms with E-state index < -0.39 is 0 Å². The number of hydrogen-bond acceptors (Lipinski definition) is 3. The van der Waals surface area contributed by atoms with E-state index in [0.29, 0.717) is 13.0 Å². The highest BCUT2D eigenvalue weighted by molar-refractivity contribution is 5.73. The standard InChI is InChI=1S/C13H16N2O2/c1-4-17-13(16)8-11-9(2)7-12-10(3)14-5-6-15(11)12/h5-7H,4,8H2,1-3H3.